The van der Waals surface area contributed by atoms with Crippen molar-refractivity contribution >= 4 is 43.7 Å². The van der Waals surface area contributed by atoms with Crippen LogP contribution in [0.1, 0.15) is 15.9 Å². The Morgan fingerprint density at radius 1 is 1.00 bits per heavy atom. The third-order valence-electron chi connectivity index (χ3n) is 2.42. The van der Waals surface area contributed by atoms with Crippen molar-refractivity contribution < 1.29 is 4.79 Å². The molecule has 0 amide bonds. The fraction of sp³-hybridized carbons (Fsp3) is 0. The van der Waals surface area contributed by atoms with Crippen LogP contribution >= 0.6 is 31.9 Å². The summed E-state index contributed by atoms with van der Waals surface area (Å²) in [5, 5.41) is 0. The minimum absolute atomic E-state index is 0.0116. The average molecular weight is 366 g/mol. The molecule has 90 valence electrons. The number of benzene rings is 2. The van der Waals surface area contributed by atoms with E-state index in [1.54, 1.807) is 12.1 Å². The first-order chi connectivity index (χ1) is 8.66. The Bertz CT molecular complexity index is 603. The van der Waals surface area contributed by atoms with Gasteiger partial charge in [-0.25, -0.2) is 0 Å². The number of carbonyl (C=O) groups is 1. The van der Waals surface area contributed by atoms with Gasteiger partial charge in [0.05, 0.1) is 0 Å². The van der Waals surface area contributed by atoms with Crippen molar-refractivity contribution in [3.05, 3.63) is 74.7 Å². The monoisotopic (exact) mass is 364 g/mol. The van der Waals surface area contributed by atoms with Gasteiger partial charge >= 0.3 is 0 Å². The van der Waals surface area contributed by atoms with Gasteiger partial charge in [0.25, 0.3) is 0 Å². The van der Waals surface area contributed by atoms with Gasteiger partial charge in [-0.2, -0.15) is 0 Å². The highest BCUT2D eigenvalue weighted by Gasteiger charge is 2.05. The van der Waals surface area contributed by atoms with Crippen molar-refractivity contribution in [3.8, 4) is 0 Å². The molecule has 1 nitrogen and oxygen atoms in total. The van der Waals surface area contributed by atoms with Gasteiger partial charge in [0, 0.05) is 14.5 Å². The molecule has 3 heteroatoms. The van der Waals surface area contributed by atoms with Crippen LogP contribution in [0.2, 0.25) is 0 Å². The maximum Gasteiger partial charge on any atom is 0.186 e. The number of carbonyl (C=O) groups excluding carboxylic acids is 1. The summed E-state index contributed by atoms with van der Waals surface area (Å²) >= 11 is 6.77. The van der Waals surface area contributed by atoms with Crippen LogP contribution in [0, 0.1) is 0 Å². The highest BCUT2D eigenvalue weighted by atomic mass is 79.9. The number of hydrogen-bond donors (Lipinski definition) is 0. The molecule has 18 heavy (non-hydrogen) atoms. The Morgan fingerprint density at radius 2 is 1.78 bits per heavy atom. The SMILES string of the molecule is O=C(C=Cc1cccc(Br)c1)c1ccccc1Br. The zero-order chi connectivity index (χ0) is 13.0. The first-order valence-corrected chi connectivity index (χ1v) is 6.98. The van der Waals surface area contributed by atoms with Crippen LogP contribution < -0.4 is 0 Å². The summed E-state index contributed by atoms with van der Waals surface area (Å²) in [7, 11) is 0. The van der Waals surface area contributed by atoms with Crippen molar-refractivity contribution in [2.75, 3.05) is 0 Å². The molecule has 2 aromatic carbocycles. The first kappa shape index (κ1) is 13.2. The summed E-state index contributed by atoms with van der Waals surface area (Å²) in [6.45, 7) is 0. The fourth-order valence-corrected chi connectivity index (χ4v) is 2.43. The highest BCUT2D eigenvalue weighted by Crippen LogP contribution is 2.18. The van der Waals surface area contributed by atoms with Crippen molar-refractivity contribution in [1.29, 1.82) is 0 Å². The minimum Gasteiger partial charge on any atom is -0.289 e. The smallest absolute Gasteiger partial charge is 0.186 e. The molecule has 0 radical (unpaired) electrons. The maximum absolute atomic E-state index is 12.0. The molecular formula is C15H10Br2O. The Hall–Kier alpha value is -1.19. The summed E-state index contributed by atoms with van der Waals surface area (Å²) in [5.74, 6) is -0.0116. The van der Waals surface area contributed by atoms with Crippen LogP contribution in [0.15, 0.2) is 63.6 Å². The second-order valence-electron chi connectivity index (χ2n) is 3.73. The second kappa shape index (κ2) is 6.12. The number of ketones is 1. The van der Waals surface area contributed by atoms with Gasteiger partial charge in [-0.05, 0) is 35.9 Å². The number of halogens is 2. The van der Waals surface area contributed by atoms with Crippen molar-refractivity contribution in [2.45, 2.75) is 0 Å². The summed E-state index contributed by atoms with van der Waals surface area (Å²) in [6, 6.07) is 15.2. The van der Waals surface area contributed by atoms with Crippen molar-refractivity contribution in [3.63, 3.8) is 0 Å². The average Bonchev–Trinajstić information content (AvgIpc) is 2.37. The lowest BCUT2D eigenvalue weighted by atomic mass is 10.1. The van der Waals surface area contributed by atoms with Crippen LogP contribution in [0.25, 0.3) is 6.08 Å². The largest absolute Gasteiger partial charge is 0.289 e. The summed E-state index contributed by atoms with van der Waals surface area (Å²) in [4.78, 5) is 12.0. The predicted octanol–water partition coefficient (Wildman–Crippen LogP) is 5.11. The molecule has 0 aliphatic heterocycles. The van der Waals surface area contributed by atoms with Gasteiger partial charge in [-0.3, -0.25) is 4.79 Å². The van der Waals surface area contributed by atoms with Crippen LogP contribution in [0.5, 0.6) is 0 Å². The predicted molar refractivity (Wildman–Crippen MR) is 81.6 cm³/mol. The van der Waals surface area contributed by atoms with Gasteiger partial charge in [0.15, 0.2) is 5.78 Å². The lowest BCUT2D eigenvalue weighted by Gasteiger charge is -1.99. The maximum atomic E-state index is 12.0. The molecule has 0 saturated heterocycles. The van der Waals surface area contributed by atoms with E-state index < -0.39 is 0 Å². The van der Waals surface area contributed by atoms with E-state index in [2.05, 4.69) is 31.9 Å². The zero-order valence-corrected chi connectivity index (χ0v) is 12.6. The molecule has 0 atom stereocenters. The molecule has 0 bridgehead atoms. The Kier molecular flexibility index (Phi) is 4.50. The highest BCUT2D eigenvalue weighted by molar-refractivity contribution is 9.10. The van der Waals surface area contributed by atoms with Crippen LogP contribution in [0.4, 0.5) is 0 Å². The molecule has 2 aromatic rings. The quantitative estimate of drug-likeness (QED) is 0.545. The molecule has 0 N–H and O–H groups in total. The third kappa shape index (κ3) is 3.40. The van der Waals surface area contributed by atoms with Gasteiger partial charge < -0.3 is 0 Å². The lowest BCUT2D eigenvalue weighted by Crippen LogP contribution is -1.94. The van der Waals surface area contributed by atoms with Crippen molar-refractivity contribution in [2.24, 2.45) is 0 Å². The van der Waals surface area contributed by atoms with E-state index in [-0.39, 0.29) is 5.78 Å². The normalized spacial score (nSPS) is 10.8. The standard InChI is InChI=1S/C15H10Br2O/c16-12-5-3-4-11(10-12)8-9-15(18)13-6-1-2-7-14(13)17/h1-10H. The van der Waals surface area contributed by atoms with Crippen molar-refractivity contribution in [1.82, 2.24) is 0 Å². The Morgan fingerprint density at radius 3 is 2.50 bits per heavy atom. The van der Waals surface area contributed by atoms with E-state index in [1.165, 1.54) is 0 Å². The van der Waals surface area contributed by atoms with Gasteiger partial charge in [0.2, 0.25) is 0 Å². The molecule has 0 aromatic heterocycles. The van der Waals surface area contributed by atoms with E-state index in [0.717, 1.165) is 14.5 Å². The topological polar surface area (TPSA) is 17.1 Å². The number of hydrogen-bond acceptors (Lipinski definition) is 1. The molecule has 2 rings (SSSR count). The van der Waals surface area contributed by atoms with Gasteiger partial charge in [-0.15, -0.1) is 0 Å². The van der Waals surface area contributed by atoms with Crippen LogP contribution in [-0.4, -0.2) is 5.78 Å². The Balaban J connectivity index is 2.20. The Labute approximate surface area is 123 Å². The molecule has 0 spiro atoms. The molecule has 0 saturated carbocycles. The van der Waals surface area contributed by atoms with Crippen LogP contribution in [-0.2, 0) is 0 Å². The molecular weight excluding hydrogens is 356 g/mol. The van der Waals surface area contributed by atoms with Gasteiger partial charge in [-0.1, -0.05) is 62.2 Å². The molecule has 0 fully saturated rings. The fourth-order valence-electron chi connectivity index (χ4n) is 1.53. The second-order valence-corrected chi connectivity index (χ2v) is 5.50. The van der Waals surface area contributed by atoms with Gasteiger partial charge in [0.1, 0.15) is 0 Å². The zero-order valence-electron chi connectivity index (χ0n) is 9.44. The lowest BCUT2D eigenvalue weighted by molar-refractivity contribution is 0.104. The van der Waals surface area contributed by atoms with E-state index >= 15 is 0 Å². The van der Waals surface area contributed by atoms with E-state index in [0.29, 0.717) is 5.56 Å². The van der Waals surface area contributed by atoms with Crippen LogP contribution in [0.3, 0.4) is 0 Å². The number of rotatable bonds is 3. The molecule has 0 aliphatic rings. The third-order valence-corrected chi connectivity index (χ3v) is 3.60. The first-order valence-electron chi connectivity index (χ1n) is 5.39. The van der Waals surface area contributed by atoms with E-state index in [9.17, 15) is 4.79 Å². The molecule has 0 heterocycles. The number of allylic oxidation sites excluding steroid dienone is 1. The van der Waals surface area contributed by atoms with E-state index in [1.807, 2.05) is 48.5 Å². The molecule has 0 aliphatic carbocycles. The van der Waals surface area contributed by atoms with E-state index in [4.69, 9.17) is 0 Å². The summed E-state index contributed by atoms with van der Waals surface area (Å²) in [5.41, 5.74) is 1.66. The summed E-state index contributed by atoms with van der Waals surface area (Å²) < 4.78 is 1.81. The minimum atomic E-state index is -0.0116. The summed E-state index contributed by atoms with van der Waals surface area (Å²) in [6.07, 6.45) is 3.40. The molecule has 0 unspecified atom stereocenters.